The van der Waals surface area contributed by atoms with Crippen molar-refractivity contribution in [3.05, 3.63) is 29.8 Å². The van der Waals surface area contributed by atoms with E-state index in [1.165, 1.54) is 12.8 Å². The van der Waals surface area contributed by atoms with Crippen molar-refractivity contribution in [2.45, 2.75) is 52.0 Å². The summed E-state index contributed by atoms with van der Waals surface area (Å²) in [4.78, 5) is 24.3. The highest BCUT2D eigenvalue weighted by atomic mass is 35.5. The summed E-state index contributed by atoms with van der Waals surface area (Å²) in [5, 5.41) is 9.43. The van der Waals surface area contributed by atoms with E-state index >= 15 is 0 Å². The van der Waals surface area contributed by atoms with E-state index in [-0.39, 0.29) is 30.1 Å². The van der Waals surface area contributed by atoms with Crippen molar-refractivity contribution in [3.8, 4) is 0 Å². The first kappa shape index (κ1) is 21.7. The van der Waals surface area contributed by atoms with Gasteiger partial charge in [0.15, 0.2) is 0 Å². The predicted octanol–water partition coefficient (Wildman–Crippen LogP) is 3.49. The van der Waals surface area contributed by atoms with Gasteiger partial charge in [0.2, 0.25) is 11.8 Å². The molecule has 2 unspecified atom stereocenters. The molecule has 1 aromatic rings. The Balaban J connectivity index is 0.00000261. The first-order valence-corrected chi connectivity index (χ1v) is 9.99. The number of nitrogens with one attached hydrogen (secondary N) is 3. The van der Waals surface area contributed by atoms with Crippen LogP contribution in [0, 0.1) is 17.8 Å². The summed E-state index contributed by atoms with van der Waals surface area (Å²) in [5.74, 6) is 1.39. The van der Waals surface area contributed by atoms with Gasteiger partial charge in [-0.1, -0.05) is 25.5 Å². The zero-order valence-corrected chi connectivity index (χ0v) is 16.9. The first-order valence-electron chi connectivity index (χ1n) is 9.99. The van der Waals surface area contributed by atoms with Crippen molar-refractivity contribution < 1.29 is 9.59 Å². The molecule has 3 rings (SSSR count). The zero-order chi connectivity index (χ0) is 18.4. The molecule has 150 valence electrons. The molecule has 0 radical (unpaired) electrons. The summed E-state index contributed by atoms with van der Waals surface area (Å²) >= 11 is 0. The third-order valence-corrected chi connectivity index (χ3v) is 5.81. The number of halogens is 1. The molecule has 27 heavy (non-hydrogen) atoms. The second-order valence-corrected chi connectivity index (χ2v) is 7.88. The number of carbonyl (C=O) groups is 2. The smallest absolute Gasteiger partial charge is 0.227 e. The molecule has 1 saturated carbocycles. The fraction of sp³-hybridized carbons (Fsp3) is 0.619. The highest BCUT2D eigenvalue weighted by Crippen LogP contribution is 2.27. The maximum atomic E-state index is 12.3. The lowest BCUT2D eigenvalue weighted by atomic mass is 9.85. The molecule has 3 N–H and O–H groups in total. The molecule has 1 heterocycles. The van der Waals surface area contributed by atoms with Gasteiger partial charge >= 0.3 is 0 Å². The number of rotatable bonds is 7. The van der Waals surface area contributed by atoms with Crippen LogP contribution in [0.3, 0.4) is 0 Å². The quantitative estimate of drug-likeness (QED) is 0.664. The number of hydrogen-bond donors (Lipinski definition) is 3. The Morgan fingerprint density at radius 3 is 2.70 bits per heavy atom. The standard InChI is InChI=1S/C21H31N3O2.ClH/c1-15(18-8-4-10-22-14-18)11-20(25)23-13-16-5-2-9-19(12-16)24-21(26)17-6-3-7-17;/h2,5,9,12,15,17-18,22H,3-4,6-8,10-11,13-14H2,1H3,(H,23,25)(H,24,26);1H. The number of amides is 2. The molecular weight excluding hydrogens is 362 g/mol. The van der Waals surface area contributed by atoms with Gasteiger partial charge in [-0.15, -0.1) is 12.4 Å². The Bertz CT molecular complexity index is 628. The van der Waals surface area contributed by atoms with E-state index < -0.39 is 0 Å². The van der Waals surface area contributed by atoms with E-state index in [1.54, 1.807) is 0 Å². The van der Waals surface area contributed by atoms with Gasteiger partial charge in [-0.2, -0.15) is 0 Å². The van der Waals surface area contributed by atoms with Crippen molar-refractivity contribution >= 4 is 29.9 Å². The van der Waals surface area contributed by atoms with Gasteiger partial charge in [-0.05, 0) is 68.3 Å². The van der Waals surface area contributed by atoms with Crippen molar-refractivity contribution in [2.24, 2.45) is 17.8 Å². The molecule has 2 amide bonds. The molecule has 1 saturated heterocycles. The van der Waals surface area contributed by atoms with Crippen LogP contribution >= 0.6 is 12.4 Å². The molecule has 1 aliphatic carbocycles. The van der Waals surface area contributed by atoms with Crippen LogP contribution in [-0.4, -0.2) is 24.9 Å². The van der Waals surface area contributed by atoms with E-state index in [1.807, 2.05) is 24.3 Å². The van der Waals surface area contributed by atoms with Crippen LogP contribution in [0.1, 0.15) is 51.0 Å². The maximum absolute atomic E-state index is 12.3. The molecule has 0 spiro atoms. The summed E-state index contributed by atoms with van der Waals surface area (Å²) in [6.45, 7) is 4.80. The molecule has 1 aliphatic heterocycles. The van der Waals surface area contributed by atoms with Crippen LogP contribution in [0.15, 0.2) is 24.3 Å². The number of carbonyl (C=O) groups excluding carboxylic acids is 2. The number of piperidine rings is 1. The van der Waals surface area contributed by atoms with Crippen LogP contribution in [-0.2, 0) is 16.1 Å². The summed E-state index contributed by atoms with van der Waals surface area (Å²) in [6.07, 6.45) is 6.14. The second kappa shape index (κ2) is 10.7. The lowest BCUT2D eigenvalue weighted by Gasteiger charge is -2.28. The molecule has 6 heteroatoms. The molecular formula is C21H32ClN3O2. The van der Waals surface area contributed by atoms with E-state index in [2.05, 4.69) is 22.9 Å². The van der Waals surface area contributed by atoms with Crippen molar-refractivity contribution in [1.29, 1.82) is 0 Å². The summed E-state index contributed by atoms with van der Waals surface area (Å²) in [7, 11) is 0. The van der Waals surface area contributed by atoms with Crippen molar-refractivity contribution in [2.75, 3.05) is 18.4 Å². The SMILES string of the molecule is CC(CC(=O)NCc1cccc(NC(=O)C2CCC2)c1)C1CCCNC1.Cl. The minimum Gasteiger partial charge on any atom is -0.352 e. The monoisotopic (exact) mass is 393 g/mol. The van der Waals surface area contributed by atoms with E-state index in [9.17, 15) is 9.59 Å². The van der Waals surface area contributed by atoms with E-state index in [4.69, 9.17) is 0 Å². The fourth-order valence-corrected chi connectivity index (χ4v) is 3.77. The first-order chi connectivity index (χ1) is 12.6. The summed E-state index contributed by atoms with van der Waals surface area (Å²) in [6, 6.07) is 7.76. The Morgan fingerprint density at radius 2 is 2.04 bits per heavy atom. The van der Waals surface area contributed by atoms with Crippen molar-refractivity contribution in [3.63, 3.8) is 0 Å². The highest BCUT2D eigenvalue weighted by Gasteiger charge is 2.25. The van der Waals surface area contributed by atoms with Gasteiger partial charge in [0.25, 0.3) is 0 Å². The minimum absolute atomic E-state index is 0. The molecule has 0 aromatic heterocycles. The topological polar surface area (TPSA) is 70.2 Å². The summed E-state index contributed by atoms with van der Waals surface area (Å²) < 4.78 is 0. The molecule has 2 aliphatic rings. The van der Waals surface area contributed by atoms with E-state index in [0.29, 0.717) is 24.8 Å². The minimum atomic E-state index is 0. The lowest BCUT2D eigenvalue weighted by molar-refractivity contribution is -0.123. The van der Waals surface area contributed by atoms with Gasteiger partial charge in [0.1, 0.15) is 0 Å². The number of hydrogen-bond acceptors (Lipinski definition) is 3. The van der Waals surface area contributed by atoms with Crippen LogP contribution in [0.2, 0.25) is 0 Å². The van der Waals surface area contributed by atoms with Gasteiger partial charge < -0.3 is 16.0 Å². The fourth-order valence-electron chi connectivity index (χ4n) is 3.77. The third-order valence-electron chi connectivity index (χ3n) is 5.81. The number of anilines is 1. The molecule has 2 fully saturated rings. The Labute approximate surface area is 168 Å². The van der Waals surface area contributed by atoms with Gasteiger partial charge in [-0.3, -0.25) is 9.59 Å². The van der Waals surface area contributed by atoms with Gasteiger partial charge in [-0.25, -0.2) is 0 Å². The highest BCUT2D eigenvalue weighted by molar-refractivity contribution is 5.93. The predicted molar refractivity (Wildman–Crippen MR) is 111 cm³/mol. The Morgan fingerprint density at radius 1 is 1.22 bits per heavy atom. The molecule has 1 aromatic carbocycles. The maximum Gasteiger partial charge on any atom is 0.227 e. The van der Waals surface area contributed by atoms with Gasteiger partial charge in [0.05, 0.1) is 0 Å². The van der Waals surface area contributed by atoms with E-state index in [0.717, 1.165) is 43.6 Å². The zero-order valence-electron chi connectivity index (χ0n) is 16.1. The second-order valence-electron chi connectivity index (χ2n) is 7.88. The van der Waals surface area contributed by atoms with Crippen molar-refractivity contribution in [1.82, 2.24) is 10.6 Å². The molecule has 2 atom stereocenters. The number of benzene rings is 1. The lowest BCUT2D eigenvalue weighted by Crippen LogP contribution is -2.35. The van der Waals surface area contributed by atoms with Gasteiger partial charge in [0, 0.05) is 24.6 Å². The average Bonchev–Trinajstić information content (AvgIpc) is 2.59. The molecule has 5 nitrogen and oxygen atoms in total. The van der Waals surface area contributed by atoms with Crippen LogP contribution < -0.4 is 16.0 Å². The summed E-state index contributed by atoms with van der Waals surface area (Å²) in [5.41, 5.74) is 1.83. The van der Waals surface area contributed by atoms with Crippen LogP contribution in [0.25, 0.3) is 0 Å². The Kier molecular flexibility index (Phi) is 8.58. The van der Waals surface area contributed by atoms with Crippen LogP contribution in [0.5, 0.6) is 0 Å². The third kappa shape index (κ3) is 6.51. The normalized spacial score (nSPS) is 20.7. The Hall–Kier alpha value is -1.59. The molecule has 0 bridgehead atoms. The largest absolute Gasteiger partial charge is 0.352 e. The van der Waals surface area contributed by atoms with Crippen LogP contribution in [0.4, 0.5) is 5.69 Å². The average molecular weight is 394 g/mol.